The van der Waals surface area contributed by atoms with Gasteiger partial charge in [-0.3, -0.25) is 14.4 Å². The molecule has 3 amide bonds. The van der Waals surface area contributed by atoms with Gasteiger partial charge in [0.25, 0.3) is 0 Å². The minimum Gasteiger partial charge on any atom is -0.508 e. The molecule has 0 fully saturated rings. The molecule has 0 aliphatic rings. The average Bonchev–Trinajstić information content (AvgIpc) is 3.05. The lowest BCUT2D eigenvalue weighted by Gasteiger charge is -2.26. The van der Waals surface area contributed by atoms with Crippen LogP contribution >= 0.6 is 21.6 Å². The van der Waals surface area contributed by atoms with Crippen LogP contribution in [0.2, 0.25) is 0 Å². The Bertz CT molecular complexity index is 1320. The van der Waals surface area contributed by atoms with Gasteiger partial charge in [0.2, 0.25) is 17.7 Å². The van der Waals surface area contributed by atoms with Gasteiger partial charge in [-0.1, -0.05) is 101 Å². The van der Waals surface area contributed by atoms with Gasteiger partial charge in [-0.25, -0.2) is 0 Å². The van der Waals surface area contributed by atoms with E-state index in [4.69, 9.17) is 0 Å². The lowest BCUT2D eigenvalue weighted by Crippen LogP contribution is -2.49. The molecule has 1 rings (SSSR count). The van der Waals surface area contributed by atoms with Crippen LogP contribution in [0.15, 0.2) is 85.0 Å². The van der Waals surface area contributed by atoms with Crippen LogP contribution in [-0.4, -0.2) is 52.5 Å². The van der Waals surface area contributed by atoms with Crippen LogP contribution in [0.4, 0.5) is 0 Å². The first kappa shape index (κ1) is 44.6. The van der Waals surface area contributed by atoms with Gasteiger partial charge >= 0.3 is 0 Å². The molecular weight excluding hydrogens is 663 g/mol. The number of rotatable bonds is 25. The van der Waals surface area contributed by atoms with Crippen molar-refractivity contribution in [3.63, 3.8) is 0 Å². The molecule has 0 saturated carbocycles. The highest BCUT2D eigenvalue weighted by atomic mass is 33.1. The third-order valence-corrected chi connectivity index (χ3v) is 10.7. The number of phenols is 1. The number of aryl methyl sites for hydroxylation is 2. The minimum atomic E-state index is -0.717. The van der Waals surface area contributed by atoms with E-state index in [2.05, 4.69) is 110 Å². The Morgan fingerprint density at radius 1 is 0.800 bits per heavy atom. The maximum Gasteiger partial charge on any atom is 0.242 e. The second kappa shape index (κ2) is 27.3. The van der Waals surface area contributed by atoms with Crippen molar-refractivity contribution in [2.24, 2.45) is 0 Å². The summed E-state index contributed by atoms with van der Waals surface area (Å²) in [4.78, 5) is 37.1. The minimum absolute atomic E-state index is 0.0461. The van der Waals surface area contributed by atoms with Crippen LogP contribution in [0, 0.1) is 13.8 Å². The highest BCUT2D eigenvalue weighted by Gasteiger charge is 2.25. The first-order valence-electron chi connectivity index (χ1n) is 17.8. The largest absolute Gasteiger partial charge is 0.508 e. The van der Waals surface area contributed by atoms with Crippen molar-refractivity contribution in [3.8, 4) is 5.75 Å². The number of allylic oxidation sites excluding steroid dienone is 12. The summed E-state index contributed by atoms with van der Waals surface area (Å²) in [6.45, 7) is 12.4. The molecule has 0 heterocycles. The second-order valence-electron chi connectivity index (χ2n) is 12.7. The number of nitrogens with one attached hydrogen (secondary N) is 3. The molecule has 0 saturated heterocycles. The van der Waals surface area contributed by atoms with Gasteiger partial charge < -0.3 is 21.1 Å². The first-order valence-corrected chi connectivity index (χ1v) is 20.1. The fraction of sp³-hybridized carbons (Fsp3) is 0.488. The van der Waals surface area contributed by atoms with Gasteiger partial charge in [-0.05, 0) is 101 Å². The zero-order valence-electron chi connectivity index (χ0n) is 31.1. The molecule has 0 spiro atoms. The summed E-state index contributed by atoms with van der Waals surface area (Å²) in [5.41, 5.74) is 2.68. The van der Waals surface area contributed by atoms with Crippen LogP contribution < -0.4 is 16.0 Å². The van der Waals surface area contributed by atoms with Crippen LogP contribution in [0.5, 0.6) is 5.75 Å². The normalized spacial score (nSPS) is 13.1. The van der Waals surface area contributed by atoms with Crippen molar-refractivity contribution >= 4 is 39.3 Å². The van der Waals surface area contributed by atoms with Crippen LogP contribution in [0.1, 0.15) is 95.8 Å². The Morgan fingerprint density at radius 3 is 1.80 bits per heavy atom. The molecule has 1 aromatic carbocycles. The van der Waals surface area contributed by atoms with Crippen LogP contribution in [0.3, 0.4) is 0 Å². The number of hydrogen-bond acceptors (Lipinski definition) is 6. The molecule has 7 nitrogen and oxygen atoms in total. The Kier molecular flexibility index (Phi) is 24.4. The molecule has 4 N–H and O–H groups in total. The van der Waals surface area contributed by atoms with E-state index in [1.54, 1.807) is 33.7 Å². The fourth-order valence-corrected chi connectivity index (χ4v) is 7.13. The number of amides is 3. The van der Waals surface area contributed by atoms with E-state index in [1.165, 1.54) is 6.92 Å². The van der Waals surface area contributed by atoms with E-state index in [9.17, 15) is 19.5 Å². The summed E-state index contributed by atoms with van der Waals surface area (Å²) in [7, 11) is 3.31. The van der Waals surface area contributed by atoms with Crippen molar-refractivity contribution < 1.29 is 19.5 Å². The summed E-state index contributed by atoms with van der Waals surface area (Å²) in [5.74, 6) is 0.459. The lowest BCUT2D eigenvalue weighted by molar-refractivity contribution is -0.128. The van der Waals surface area contributed by atoms with Crippen molar-refractivity contribution in [2.75, 3.05) is 18.8 Å². The third-order valence-electron chi connectivity index (χ3n) is 7.40. The van der Waals surface area contributed by atoms with Gasteiger partial charge in [0.05, 0.1) is 0 Å². The van der Waals surface area contributed by atoms with Gasteiger partial charge in [0, 0.05) is 43.4 Å². The van der Waals surface area contributed by atoms with E-state index in [-0.39, 0.29) is 28.2 Å². The molecule has 0 bridgehead atoms. The Balaban J connectivity index is 2.20. The number of aromatic hydroxyl groups is 1. The highest BCUT2D eigenvalue weighted by Crippen LogP contribution is 2.34. The van der Waals surface area contributed by atoms with E-state index < -0.39 is 6.04 Å². The number of carbonyl (C=O) groups is 3. The fourth-order valence-electron chi connectivity index (χ4n) is 4.78. The monoisotopic (exact) mass is 723 g/mol. The Hall–Kier alpha value is -3.43. The summed E-state index contributed by atoms with van der Waals surface area (Å²) in [6.07, 6.45) is 33.4. The van der Waals surface area contributed by atoms with E-state index >= 15 is 0 Å². The van der Waals surface area contributed by atoms with Gasteiger partial charge in [0.1, 0.15) is 11.8 Å². The lowest BCUT2D eigenvalue weighted by atomic mass is 9.95. The molecule has 1 unspecified atom stereocenters. The average molecular weight is 724 g/mol. The Labute approximate surface area is 310 Å². The van der Waals surface area contributed by atoms with Gasteiger partial charge in [0.15, 0.2) is 0 Å². The topological polar surface area (TPSA) is 108 Å². The maximum atomic E-state index is 13.1. The third kappa shape index (κ3) is 23.1. The molecule has 1 atom stereocenters. The quantitative estimate of drug-likeness (QED) is 0.0456. The van der Waals surface area contributed by atoms with Crippen molar-refractivity contribution in [1.29, 1.82) is 0 Å². The van der Waals surface area contributed by atoms with Gasteiger partial charge in [-0.15, -0.1) is 0 Å². The molecule has 50 heavy (non-hydrogen) atoms. The highest BCUT2D eigenvalue weighted by molar-refractivity contribution is 8.77. The number of carbonyl (C=O) groups excluding carboxylic acids is 3. The maximum absolute atomic E-state index is 13.1. The van der Waals surface area contributed by atoms with Crippen LogP contribution in [0.25, 0.3) is 0 Å². The molecule has 0 aliphatic heterocycles. The molecule has 276 valence electrons. The molecular formula is C41H61N3O4S2. The second-order valence-corrected chi connectivity index (χ2v) is 15.8. The van der Waals surface area contributed by atoms with E-state index in [0.717, 1.165) is 67.4 Å². The summed E-state index contributed by atoms with van der Waals surface area (Å²) < 4.78 is -0.258. The van der Waals surface area contributed by atoms with Gasteiger partial charge in [-0.2, -0.15) is 0 Å². The summed E-state index contributed by atoms with van der Waals surface area (Å²) >= 11 is 0. The molecule has 1 aromatic rings. The van der Waals surface area contributed by atoms with Crippen molar-refractivity contribution in [2.45, 2.75) is 110 Å². The molecule has 0 radical (unpaired) electrons. The predicted octanol–water partition coefficient (Wildman–Crippen LogP) is 8.93. The summed E-state index contributed by atoms with van der Waals surface area (Å²) in [5, 5.41) is 18.6. The number of benzene rings is 1. The SMILES string of the molecule is CC/C=C\C/C=C\C/C=C\C/C=C\C/C=C\C/C=C\CCC(=O)NCCSSC(C)(C)CNC(=O)C(Cc1c(C)cc(O)cc1C)NC(C)=O. The first-order chi connectivity index (χ1) is 23.9. The predicted molar refractivity (Wildman–Crippen MR) is 216 cm³/mol. The number of phenolic OH excluding ortho intramolecular Hbond substituents is 1. The number of hydrogen-bond donors (Lipinski definition) is 4. The van der Waals surface area contributed by atoms with Crippen molar-refractivity contribution in [3.05, 3.63) is 102 Å². The molecule has 0 aromatic heterocycles. The standard InChI is InChI=1S/C41H61N3O4S2/c1-7-8-9-10-11-12-13-14-15-16-17-18-19-20-21-22-23-24-25-26-39(47)42-27-28-49-50-41(5,6)32-43-40(48)38(44-35(4)45)31-37-33(2)29-36(46)30-34(37)3/h8-9,11-12,14-15,17-18,20-21,23-24,29-30,38,46H,7,10,13,16,19,22,25-28,31-32H2,1-6H3,(H,42,47)(H,43,48)(H,44,45)/b9-8-,12-11-,15-14-,18-17-,21-20-,24-23-. The van der Waals surface area contributed by atoms with Crippen molar-refractivity contribution in [1.82, 2.24) is 16.0 Å². The Morgan fingerprint density at radius 2 is 1.30 bits per heavy atom. The van der Waals surface area contributed by atoms with Crippen LogP contribution in [-0.2, 0) is 20.8 Å². The zero-order chi connectivity index (χ0) is 37.0. The smallest absolute Gasteiger partial charge is 0.242 e. The zero-order valence-corrected chi connectivity index (χ0v) is 32.8. The molecule has 0 aliphatic carbocycles. The molecule has 9 heteroatoms. The van der Waals surface area contributed by atoms with E-state index in [1.807, 2.05) is 13.8 Å². The van der Waals surface area contributed by atoms with E-state index in [0.29, 0.717) is 25.9 Å². The summed E-state index contributed by atoms with van der Waals surface area (Å²) in [6, 6.07) is 2.61.